The molecule has 0 aromatic heterocycles. The Morgan fingerprint density at radius 1 is 1.36 bits per heavy atom. The zero-order chi connectivity index (χ0) is 19.6. The average Bonchev–Trinajstić information content (AvgIpc) is 2.66. The van der Waals surface area contributed by atoms with Gasteiger partial charge in [-0.25, -0.2) is 0 Å². The molecule has 3 rings (SSSR count). The molecule has 0 bridgehead atoms. The Kier molecular flexibility index (Phi) is 8.29. The van der Waals surface area contributed by atoms with E-state index in [-0.39, 0.29) is 47.6 Å². The predicted octanol–water partition coefficient (Wildman–Crippen LogP) is -4.15. The number of carbonyl (C=O) groups is 3. The van der Waals surface area contributed by atoms with Gasteiger partial charge in [0.1, 0.15) is 17.2 Å². The van der Waals surface area contributed by atoms with Gasteiger partial charge in [0.15, 0.2) is 0 Å². The van der Waals surface area contributed by atoms with Crippen LogP contribution >= 0.6 is 11.8 Å². The smallest absolute Gasteiger partial charge is 0.543 e. The number of nitrogens with zero attached hydrogens (tertiary/aromatic N) is 1. The van der Waals surface area contributed by atoms with Crippen LogP contribution < -0.4 is 40.0 Å². The molecular formula is C17H17N2NaO6S2. The first-order chi connectivity index (χ1) is 12.9. The topological polar surface area (TPSA) is 116 Å². The molecule has 8 nitrogen and oxygen atoms in total. The Bertz CT molecular complexity index is 832. The van der Waals surface area contributed by atoms with E-state index in [9.17, 15) is 23.7 Å². The first kappa shape index (κ1) is 23.1. The molecular weight excluding hydrogens is 415 g/mol. The molecule has 0 aliphatic carbocycles. The van der Waals surface area contributed by atoms with E-state index < -0.39 is 40.0 Å². The Morgan fingerprint density at radius 2 is 2.04 bits per heavy atom. The first-order valence-corrected chi connectivity index (χ1v) is 10.4. The van der Waals surface area contributed by atoms with Crippen molar-refractivity contribution in [3.63, 3.8) is 0 Å². The van der Waals surface area contributed by atoms with Crippen molar-refractivity contribution < 1.29 is 58.0 Å². The molecule has 1 fully saturated rings. The number of fused-ring (bicyclic) bond motifs is 1. The summed E-state index contributed by atoms with van der Waals surface area (Å²) in [7, 11) is -0.0903. The van der Waals surface area contributed by atoms with Crippen molar-refractivity contribution in [1.29, 1.82) is 0 Å². The number of carbonyl (C=O) groups excluding carboxylic acids is 3. The van der Waals surface area contributed by atoms with Crippen LogP contribution in [0.5, 0.6) is 0 Å². The third-order valence-corrected chi connectivity index (χ3v) is 6.81. The van der Waals surface area contributed by atoms with Gasteiger partial charge in [-0.1, -0.05) is 18.2 Å². The fourth-order valence-corrected chi connectivity index (χ4v) is 5.22. The Morgan fingerprint density at radius 3 is 2.64 bits per heavy atom. The summed E-state index contributed by atoms with van der Waals surface area (Å²) in [5.74, 6) is -2.43. The number of carboxylic acids is 1. The van der Waals surface area contributed by atoms with E-state index in [2.05, 4.69) is 5.32 Å². The van der Waals surface area contributed by atoms with Crippen LogP contribution in [0.1, 0.15) is 0 Å². The van der Waals surface area contributed by atoms with Crippen LogP contribution in [0.2, 0.25) is 0 Å². The molecule has 1 aromatic carbocycles. The van der Waals surface area contributed by atoms with Crippen molar-refractivity contribution >= 4 is 40.3 Å². The third-order valence-electron chi connectivity index (χ3n) is 4.14. The number of nitrogens with one attached hydrogen (secondary N) is 1. The van der Waals surface area contributed by atoms with E-state index in [0.29, 0.717) is 16.2 Å². The van der Waals surface area contributed by atoms with E-state index in [1.165, 1.54) is 18.9 Å². The number of carboxylic acid groups (broad SMARTS) is 1. The van der Waals surface area contributed by atoms with Crippen molar-refractivity contribution in [3.8, 4) is 0 Å². The standard InChI is InChI=1S/C17H18N2O6S2.Na/c1-25-7-10-8-26-16-13(15(21)19(16)14(10)17(22)23)18-12(20)9-27(24)11-5-3-2-4-6-11;/h2-6,13,16H,7-9H2,1H3,(H,18,20)(H,22,23);/q;+1/p-1. The van der Waals surface area contributed by atoms with E-state index in [1.54, 1.807) is 30.3 Å². The van der Waals surface area contributed by atoms with Gasteiger partial charge in [0, 0.05) is 17.8 Å². The number of rotatable bonds is 7. The summed E-state index contributed by atoms with van der Waals surface area (Å²) in [6, 6.07) is 7.69. The van der Waals surface area contributed by atoms with Gasteiger partial charge in [-0.15, -0.1) is 11.8 Å². The number of methoxy groups -OCH3 is 1. The van der Waals surface area contributed by atoms with Gasteiger partial charge >= 0.3 is 29.6 Å². The van der Waals surface area contributed by atoms with Gasteiger partial charge in [-0.2, -0.15) is 0 Å². The number of benzene rings is 1. The summed E-state index contributed by atoms with van der Waals surface area (Å²) < 4.78 is 17.2. The molecule has 1 saturated heterocycles. The molecule has 2 amide bonds. The largest absolute Gasteiger partial charge is 1.00 e. The number of thioether (sulfide) groups is 1. The predicted molar refractivity (Wildman–Crippen MR) is 96.6 cm³/mol. The van der Waals surface area contributed by atoms with Gasteiger partial charge < -0.3 is 20.0 Å². The normalized spacial score (nSPS) is 21.9. The summed E-state index contributed by atoms with van der Waals surface area (Å²) >= 11 is 1.34. The Labute approximate surface area is 190 Å². The van der Waals surface area contributed by atoms with Crippen LogP contribution in [-0.2, 0) is 29.9 Å². The van der Waals surface area contributed by atoms with Gasteiger partial charge in [-0.05, 0) is 17.7 Å². The molecule has 28 heavy (non-hydrogen) atoms. The second-order valence-corrected chi connectivity index (χ2v) is 8.49. The SMILES string of the molecule is COCC1=C(C(=O)[O-])N2C(=O)C(NC(=O)CS(=O)c3ccccc3)C2SC1.[Na+]. The van der Waals surface area contributed by atoms with Gasteiger partial charge in [-0.3, -0.25) is 18.7 Å². The first-order valence-electron chi connectivity index (χ1n) is 8.03. The number of β-lactam (4-membered cyclic amide) rings is 1. The summed E-state index contributed by atoms with van der Waals surface area (Å²) in [6.07, 6.45) is 0. The Hall–Kier alpha value is -1.17. The van der Waals surface area contributed by atoms with Crippen molar-refractivity contribution in [1.82, 2.24) is 10.2 Å². The molecule has 0 saturated carbocycles. The van der Waals surface area contributed by atoms with Crippen molar-refractivity contribution in [2.45, 2.75) is 16.3 Å². The van der Waals surface area contributed by atoms with E-state index in [1.807, 2.05) is 0 Å². The fraction of sp³-hybridized carbons (Fsp3) is 0.353. The molecule has 2 heterocycles. The van der Waals surface area contributed by atoms with Crippen LogP contribution in [0.15, 0.2) is 46.5 Å². The summed E-state index contributed by atoms with van der Waals surface area (Å²) in [5.41, 5.74) is 0.269. The van der Waals surface area contributed by atoms with Gasteiger partial charge in [0.2, 0.25) is 5.91 Å². The van der Waals surface area contributed by atoms with Crippen molar-refractivity contribution in [3.05, 3.63) is 41.6 Å². The molecule has 11 heteroatoms. The zero-order valence-electron chi connectivity index (χ0n) is 15.4. The molecule has 144 valence electrons. The minimum absolute atomic E-state index is 0. The number of aliphatic carboxylic acids is 1. The van der Waals surface area contributed by atoms with E-state index in [0.717, 1.165) is 4.90 Å². The van der Waals surface area contributed by atoms with Crippen LogP contribution in [0.3, 0.4) is 0 Å². The molecule has 3 unspecified atom stereocenters. The number of hydrogen-bond acceptors (Lipinski definition) is 7. The van der Waals surface area contributed by atoms with Crippen LogP contribution in [-0.4, -0.2) is 63.5 Å². The quantitative estimate of drug-likeness (QED) is 0.344. The summed E-state index contributed by atoms with van der Waals surface area (Å²) in [6.45, 7) is 0.0832. The van der Waals surface area contributed by atoms with E-state index >= 15 is 0 Å². The third kappa shape index (κ3) is 4.69. The number of hydrogen-bond donors (Lipinski definition) is 1. The number of ether oxygens (including phenoxy) is 1. The summed E-state index contributed by atoms with van der Waals surface area (Å²) in [4.78, 5) is 37.7. The van der Waals surface area contributed by atoms with Crippen LogP contribution in [0, 0.1) is 0 Å². The molecule has 1 aromatic rings. The minimum Gasteiger partial charge on any atom is -0.543 e. The van der Waals surface area contributed by atoms with Gasteiger partial charge in [0.05, 0.1) is 29.1 Å². The van der Waals surface area contributed by atoms with Crippen molar-refractivity contribution in [2.75, 3.05) is 25.2 Å². The zero-order valence-corrected chi connectivity index (χ0v) is 19.0. The Balaban J connectivity index is 0.00000280. The average molecular weight is 432 g/mol. The van der Waals surface area contributed by atoms with Gasteiger partial charge in [0.25, 0.3) is 5.91 Å². The maximum absolute atomic E-state index is 12.4. The summed E-state index contributed by atoms with van der Waals surface area (Å²) in [5, 5.41) is 13.5. The van der Waals surface area contributed by atoms with Crippen molar-refractivity contribution in [2.24, 2.45) is 0 Å². The van der Waals surface area contributed by atoms with Crippen LogP contribution in [0.25, 0.3) is 0 Å². The molecule has 1 N–H and O–H groups in total. The molecule has 3 atom stereocenters. The molecule has 0 radical (unpaired) electrons. The molecule has 0 spiro atoms. The van der Waals surface area contributed by atoms with E-state index in [4.69, 9.17) is 4.74 Å². The maximum Gasteiger partial charge on any atom is 1.00 e. The fourth-order valence-electron chi connectivity index (χ4n) is 2.95. The second-order valence-electron chi connectivity index (χ2n) is 5.93. The second kappa shape index (κ2) is 10.0. The molecule has 2 aliphatic rings. The monoisotopic (exact) mass is 432 g/mol. The minimum atomic E-state index is -1.53. The molecule has 2 aliphatic heterocycles. The van der Waals surface area contributed by atoms with Crippen LogP contribution in [0.4, 0.5) is 0 Å². The number of amides is 2. The maximum atomic E-state index is 12.4.